The Hall–Kier alpha value is -4.40. The minimum absolute atomic E-state index is 0.123. The summed E-state index contributed by atoms with van der Waals surface area (Å²) in [5.41, 5.74) is 10.7. The van der Waals surface area contributed by atoms with Gasteiger partial charge in [-0.2, -0.15) is 0 Å². The molecule has 55 heavy (non-hydrogen) atoms. The van der Waals surface area contributed by atoms with Crippen molar-refractivity contribution in [3.8, 4) is 23.0 Å². The molecule has 0 bridgehead atoms. The topological polar surface area (TPSA) is 18.5 Å². The third kappa shape index (κ3) is 6.30. The molecule has 0 fully saturated rings. The number of aryl methyl sites for hydroxylation is 6. The second-order valence-electron chi connectivity index (χ2n) is 14.7. The number of ether oxygens (including phenoxy) is 2. The number of fused-ring (bicyclic) bond motifs is 4. The number of rotatable bonds is 7. The lowest BCUT2D eigenvalue weighted by molar-refractivity contribution is 0.479. The van der Waals surface area contributed by atoms with Crippen LogP contribution >= 0.6 is 54.5 Å². The molecule has 0 radical (unpaired) electrons. The molecule has 7 heteroatoms. The molecule has 270 valence electrons. The third-order valence-electron chi connectivity index (χ3n) is 10.7. The molecule has 0 saturated carbocycles. The van der Waals surface area contributed by atoms with E-state index in [1.807, 2.05) is 0 Å². The average Bonchev–Trinajstić information content (AvgIpc) is 3.78. The summed E-state index contributed by atoms with van der Waals surface area (Å²) in [6, 6.07) is 37.2. The Morgan fingerprint density at radius 1 is 0.473 bits per heavy atom. The molecule has 0 amide bonds. The van der Waals surface area contributed by atoms with E-state index in [0.29, 0.717) is 0 Å². The molecule has 2 nitrogen and oxygen atoms in total. The van der Waals surface area contributed by atoms with Crippen molar-refractivity contribution >= 4 is 119 Å². The lowest BCUT2D eigenvalue weighted by Crippen LogP contribution is -2.52. The van der Waals surface area contributed by atoms with Crippen LogP contribution in [-0.4, -0.2) is 6.71 Å². The minimum atomic E-state index is -0.123. The second-order valence-corrected chi connectivity index (χ2v) is 18.2. The highest BCUT2D eigenvalue weighted by Gasteiger charge is 2.33. The zero-order chi connectivity index (χ0) is 38.1. The van der Waals surface area contributed by atoms with E-state index in [2.05, 4.69) is 187 Å². The predicted octanol–water partition coefficient (Wildman–Crippen LogP) is 13.9. The summed E-state index contributed by atoms with van der Waals surface area (Å²) < 4.78 is 18.7. The zero-order valence-corrected chi connectivity index (χ0v) is 36.2. The van der Waals surface area contributed by atoms with E-state index in [0.717, 1.165) is 75.7 Å². The molecular formula is C48H37BBr2O2S2. The predicted molar refractivity (Wildman–Crippen MR) is 247 cm³/mol. The Morgan fingerprint density at radius 2 is 0.873 bits per heavy atom. The number of benzene rings is 7. The summed E-state index contributed by atoms with van der Waals surface area (Å²) in [7, 11) is 0. The van der Waals surface area contributed by atoms with Crippen molar-refractivity contribution in [1.82, 2.24) is 0 Å². The van der Waals surface area contributed by atoms with Crippen molar-refractivity contribution < 1.29 is 9.47 Å². The van der Waals surface area contributed by atoms with Crippen LogP contribution < -0.4 is 25.9 Å². The van der Waals surface area contributed by atoms with E-state index in [4.69, 9.17) is 9.47 Å². The maximum absolute atomic E-state index is 7.01. The van der Waals surface area contributed by atoms with E-state index in [-0.39, 0.29) is 6.71 Å². The van der Waals surface area contributed by atoms with Crippen LogP contribution in [0, 0.1) is 41.5 Å². The molecule has 0 N–H and O–H groups in total. The van der Waals surface area contributed by atoms with Gasteiger partial charge in [-0.05, 0) is 139 Å². The number of hydrogen-bond donors (Lipinski definition) is 0. The maximum Gasteiger partial charge on any atom is 0.246 e. The summed E-state index contributed by atoms with van der Waals surface area (Å²) in [5.74, 6) is 3.43. The molecule has 0 aliphatic rings. The molecule has 0 spiro atoms. The fourth-order valence-electron chi connectivity index (χ4n) is 8.55. The van der Waals surface area contributed by atoms with Gasteiger partial charge in [0.15, 0.2) is 0 Å². The molecular weight excluding hydrogens is 843 g/mol. The molecule has 0 unspecified atom stereocenters. The summed E-state index contributed by atoms with van der Waals surface area (Å²) >= 11 is 11.6. The first-order chi connectivity index (χ1) is 26.6. The van der Waals surface area contributed by atoms with Crippen LogP contribution in [0.2, 0.25) is 0 Å². The van der Waals surface area contributed by atoms with Crippen LogP contribution in [-0.2, 0) is 0 Å². The van der Waals surface area contributed by atoms with Crippen LogP contribution in [0.4, 0.5) is 0 Å². The summed E-state index contributed by atoms with van der Waals surface area (Å²) in [6.07, 6.45) is 0. The Bertz CT molecular complexity index is 2750. The van der Waals surface area contributed by atoms with E-state index in [1.165, 1.54) is 47.7 Å². The van der Waals surface area contributed by atoms with Gasteiger partial charge in [0.25, 0.3) is 0 Å². The van der Waals surface area contributed by atoms with Crippen LogP contribution in [0.1, 0.15) is 33.4 Å². The highest BCUT2D eigenvalue weighted by molar-refractivity contribution is 9.11. The molecule has 0 aliphatic heterocycles. The number of halogens is 2. The van der Waals surface area contributed by atoms with Gasteiger partial charge in [0.1, 0.15) is 23.0 Å². The van der Waals surface area contributed by atoms with Crippen molar-refractivity contribution in [2.75, 3.05) is 0 Å². The van der Waals surface area contributed by atoms with Crippen molar-refractivity contribution in [3.63, 3.8) is 0 Å². The van der Waals surface area contributed by atoms with Crippen LogP contribution in [0.5, 0.6) is 23.0 Å². The SMILES string of the molecule is Cc1cc(C)c(Oc2cccc3c(B(c4csc5cccc(Br)c45)c4csc5cccc(Br)c45)c4cccc(Oc5c(C)cc(C)cc5C)c4cc23)c(C)c1. The molecule has 0 saturated heterocycles. The number of hydrogen-bond acceptors (Lipinski definition) is 4. The smallest absolute Gasteiger partial charge is 0.246 e. The fraction of sp³-hybridized carbons (Fsp3) is 0.125. The Kier molecular flexibility index (Phi) is 9.41. The molecule has 0 atom stereocenters. The van der Waals surface area contributed by atoms with E-state index in [1.54, 1.807) is 22.7 Å². The van der Waals surface area contributed by atoms with Crippen LogP contribution in [0.25, 0.3) is 41.7 Å². The van der Waals surface area contributed by atoms with Gasteiger partial charge >= 0.3 is 0 Å². The molecule has 0 aliphatic carbocycles. The van der Waals surface area contributed by atoms with Crippen molar-refractivity contribution in [1.29, 1.82) is 0 Å². The molecule has 9 rings (SSSR count). The monoisotopic (exact) mass is 878 g/mol. The first kappa shape index (κ1) is 36.3. The van der Waals surface area contributed by atoms with Gasteiger partial charge in [-0.3, -0.25) is 0 Å². The third-order valence-corrected chi connectivity index (χ3v) is 14.0. The molecule has 2 heterocycles. The molecule has 9 aromatic rings. The Balaban J connectivity index is 1.41. The highest BCUT2D eigenvalue weighted by Crippen LogP contribution is 2.41. The fourth-order valence-corrected chi connectivity index (χ4v) is 12.0. The number of thiophene rings is 2. The van der Waals surface area contributed by atoms with Crippen molar-refractivity contribution in [2.45, 2.75) is 41.5 Å². The average molecular weight is 881 g/mol. The van der Waals surface area contributed by atoms with E-state index in [9.17, 15) is 0 Å². The normalized spacial score (nSPS) is 11.6. The van der Waals surface area contributed by atoms with E-state index < -0.39 is 0 Å². The van der Waals surface area contributed by atoms with Gasteiger partial charge in [0.2, 0.25) is 6.71 Å². The first-order valence-electron chi connectivity index (χ1n) is 18.4. The van der Waals surface area contributed by atoms with Gasteiger partial charge in [-0.1, -0.05) is 109 Å². The minimum Gasteiger partial charge on any atom is -0.456 e. The largest absolute Gasteiger partial charge is 0.456 e. The van der Waals surface area contributed by atoms with Gasteiger partial charge in [0, 0.05) is 39.9 Å². The molecule has 2 aromatic heterocycles. The first-order valence-corrected chi connectivity index (χ1v) is 21.7. The Labute approximate surface area is 347 Å². The standard InChI is InChI=1S/C48H37BBr2O2S2/c1-26-19-28(3)47(29(4)20-26)52-40-15-7-11-32-34(40)23-35-33(12-8-16-41(35)53-48-30(5)21-27(2)22-31(48)6)46(32)49(36-24-54-42-17-9-13-38(50)44(36)42)37-25-55-43-18-10-14-39(51)45(37)43/h7-25H,1-6H3. The molecule has 7 aromatic carbocycles. The van der Waals surface area contributed by atoms with Gasteiger partial charge in [0.05, 0.1) is 0 Å². The highest BCUT2D eigenvalue weighted by atomic mass is 79.9. The lowest BCUT2D eigenvalue weighted by Gasteiger charge is -2.23. The van der Waals surface area contributed by atoms with E-state index >= 15 is 0 Å². The summed E-state index contributed by atoms with van der Waals surface area (Å²) in [4.78, 5) is 0. The van der Waals surface area contributed by atoms with Gasteiger partial charge in [-0.15, -0.1) is 22.7 Å². The van der Waals surface area contributed by atoms with Crippen LogP contribution in [0.15, 0.2) is 123 Å². The quantitative estimate of drug-likeness (QED) is 0.117. The lowest BCUT2D eigenvalue weighted by atomic mass is 9.35. The van der Waals surface area contributed by atoms with Crippen molar-refractivity contribution in [2.24, 2.45) is 0 Å². The zero-order valence-electron chi connectivity index (χ0n) is 31.4. The van der Waals surface area contributed by atoms with Crippen molar-refractivity contribution in [3.05, 3.63) is 156 Å². The summed E-state index contributed by atoms with van der Waals surface area (Å²) in [6.45, 7) is 12.7. The second kappa shape index (κ2) is 14.3. The van der Waals surface area contributed by atoms with Crippen LogP contribution in [0.3, 0.4) is 0 Å². The Morgan fingerprint density at radius 3 is 1.29 bits per heavy atom. The van der Waals surface area contributed by atoms with Gasteiger partial charge in [-0.25, -0.2) is 0 Å². The maximum atomic E-state index is 7.01. The summed E-state index contributed by atoms with van der Waals surface area (Å²) in [5, 5.41) is 11.6. The van der Waals surface area contributed by atoms with Gasteiger partial charge < -0.3 is 9.47 Å².